The number of nitrogens with zero attached hydrogens (tertiary/aromatic N) is 1. The van der Waals surface area contributed by atoms with Crippen LogP contribution < -0.4 is 15.4 Å². The molecule has 1 aromatic carbocycles. The van der Waals surface area contributed by atoms with Gasteiger partial charge in [0.25, 0.3) is 11.8 Å². The number of benzene rings is 1. The highest BCUT2D eigenvalue weighted by Gasteiger charge is 2.10. The van der Waals surface area contributed by atoms with Gasteiger partial charge in [0.2, 0.25) is 0 Å². The Morgan fingerprint density at radius 3 is 2.85 bits per heavy atom. The number of rotatable bonds is 8. The van der Waals surface area contributed by atoms with Gasteiger partial charge in [-0.25, -0.2) is 9.37 Å². The van der Waals surface area contributed by atoms with Gasteiger partial charge < -0.3 is 15.4 Å². The Labute approximate surface area is 159 Å². The summed E-state index contributed by atoms with van der Waals surface area (Å²) < 4.78 is 18.5. The average Bonchev–Trinajstić information content (AvgIpc) is 3.02. The lowest BCUT2D eigenvalue weighted by atomic mass is 10.3. The average molecular weight is 398 g/mol. The summed E-state index contributed by atoms with van der Waals surface area (Å²) in [6, 6.07) is 3.90. The molecular formula is C17H17ClFN3O3S. The molecule has 2 amide bonds. The first-order valence-electron chi connectivity index (χ1n) is 7.61. The van der Waals surface area contributed by atoms with Crippen LogP contribution in [-0.2, 0) is 4.79 Å². The molecule has 2 rings (SSSR count). The van der Waals surface area contributed by atoms with Crippen LogP contribution >= 0.6 is 22.9 Å². The monoisotopic (exact) mass is 397 g/mol. The SMILES string of the molecule is C=C(CCNC(=O)c1cnc(C)s1)NC(=O)COc1ccc(Cl)c(F)c1. The lowest BCUT2D eigenvalue weighted by Gasteiger charge is -2.10. The zero-order valence-corrected chi connectivity index (χ0v) is 15.5. The van der Waals surface area contributed by atoms with E-state index >= 15 is 0 Å². The minimum absolute atomic E-state index is 0.0225. The second-order valence-corrected chi connectivity index (χ2v) is 6.91. The molecule has 0 spiro atoms. The fourth-order valence-corrected chi connectivity index (χ4v) is 2.70. The van der Waals surface area contributed by atoms with E-state index in [4.69, 9.17) is 16.3 Å². The van der Waals surface area contributed by atoms with E-state index in [0.717, 1.165) is 11.1 Å². The molecule has 0 saturated carbocycles. The van der Waals surface area contributed by atoms with Crippen LogP contribution in [0.15, 0.2) is 36.7 Å². The van der Waals surface area contributed by atoms with Crippen molar-refractivity contribution in [1.29, 1.82) is 0 Å². The highest BCUT2D eigenvalue weighted by atomic mass is 35.5. The van der Waals surface area contributed by atoms with Crippen LogP contribution in [0.25, 0.3) is 0 Å². The summed E-state index contributed by atoms with van der Waals surface area (Å²) in [4.78, 5) is 28.2. The largest absolute Gasteiger partial charge is 0.484 e. The number of carbonyl (C=O) groups is 2. The third-order valence-electron chi connectivity index (χ3n) is 3.13. The second kappa shape index (κ2) is 9.30. The van der Waals surface area contributed by atoms with E-state index in [9.17, 15) is 14.0 Å². The van der Waals surface area contributed by atoms with Crippen molar-refractivity contribution < 1.29 is 18.7 Å². The topological polar surface area (TPSA) is 80.3 Å². The van der Waals surface area contributed by atoms with Crippen LogP contribution in [0.4, 0.5) is 4.39 Å². The van der Waals surface area contributed by atoms with Gasteiger partial charge in [-0.2, -0.15) is 0 Å². The highest BCUT2D eigenvalue weighted by Crippen LogP contribution is 2.20. The van der Waals surface area contributed by atoms with Crippen molar-refractivity contribution in [3.05, 3.63) is 57.4 Å². The van der Waals surface area contributed by atoms with Crippen LogP contribution in [0.2, 0.25) is 5.02 Å². The van der Waals surface area contributed by atoms with Gasteiger partial charge in [-0.3, -0.25) is 9.59 Å². The molecule has 138 valence electrons. The number of thiazole rings is 1. The molecule has 0 fully saturated rings. The molecule has 1 heterocycles. The number of hydrogen-bond acceptors (Lipinski definition) is 5. The first-order valence-corrected chi connectivity index (χ1v) is 8.80. The summed E-state index contributed by atoms with van der Waals surface area (Å²) >= 11 is 6.87. The molecule has 2 aromatic rings. The molecule has 0 atom stereocenters. The van der Waals surface area contributed by atoms with E-state index in [1.165, 1.54) is 29.7 Å². The number of halogens is 2. The number of amides is 2. The van der Waals surface area contributed by atoms with Gasteiger partial charge in [0.05, 0.1) is 16.2 Å². The first-order chi connectivity index (χ1) is 12.3. The van der Waals surface area contributed by atoms with Crippen LogP contribution in [0, 0.1) is 12.7 Å². The number of aryl methyl sites for hydroxylation is 1. The van der Waals surface area contributed by atoms with E-state index in [1.54, 1.807) is 0 Å². The fourth-order valence-electron chi connectivity index (χ4n) is 1.89. The first kappa shape index (κ1) is 19.9. The predicted octanol–water partition coefficient (Wildman–Crippen LogP) is 3.07. The van der Waals surface area contributed by atoms with Crippen molar-refractivity contribution in [1.82, 2.24) is 15.6 Å². The zero-order chi connectivity index (χ0) is 19.1. The molecule has 26 heavy (non-hydrogen) atoms. The summed E-state index contributed by atoms with van der Waals surface area (Å²) in [7, 11) is 0. The smallest absolute Gasteiger partial charge is 0.263 e. The van der Waals surface area contributed by atoms with Crippen LogP contribution in [0.3, 0.4) is 0 Å². The van der Waals surface area contributed by atoms with Crippen molar-refractivity contribution in [3.63, 3.8) is 0 Å². The molecule has 2 N–H and O–H groups in total. The number of hydrogen-bond donors (Lipinski definition) is 2. The Kier molecular flexibility index (Phi) is 7.11. The van der Waals surface area contributed by atoms with Crippen LogP contribution in [0.1, 0.15) is 21.1 Å². The minimum atomic E-state index is -0.624. The minimum Gasteiger partial charge on any atom is -0.484 e. The highest BCUT2D eigenvalue weighted by molar-refractivity contribution is 7.13. The molecule has 6 nitrogen and oxygen atoms in total. The van der Waals surface area contributed by atoms with Crippen molar-refractivity contribution in [2.45, 2.75) is 13.3 Å². The normalized spacial score (nSPS) is 10.3. The van der Waals surface area contributed by atoms with E-state index in [1.807, 2.05) is 6.92 Å². The van der Waals surface area contributed by atoms with E-state index in [0.29, 0.717) is 23.5 Å². The lowest BCUT2D eigenvalue weighted by Crippen LogP contribution is -2.30. The summed E-state index contributed by atoms with van der Waals surface area (Å²) in [5.74, 6) is -1.08. The number of nitrogens with one attached hydrogen (secondary N) is 2. The lowest BCUT2D eigenvalue weighted by molar-refractivity contribution is -0.122. The maximum absolute atomic E-state index is 13.3. The maximum Gasteiger partial charge on any atom is 0.263 e. The molecule has 0 aliphatic carbocycles. The van der Waals surface area contributed by atoms with E-state index in [2.05, 4.69) is 22.2 Å². The van der Waals surface area contributed by atoms with Gasteiger partial charge in [-0.15, -0.1) is 11.3 Å². The van der Waals surface area contributed by atoms with E-state index < -0.39 is 11.7 Å². The number of ether oxygens (including phenoxy) is 1. The molecule has 0 aliphatic heterocycles. The molecule has 0 radical (unpaired) electrons. The molecule has 0 saturated heterocycles. The number of aromatic nitrogens is 1. The fraction of sp³-hybridized carbons (Fsp3) is 0.235. The van der Waals surface area contributed by atoms with Crippen molar-refractivity contribution in [3.8, 4) is 5.75 Å². The predicted molar refractivity (Wildman–Crippen MR) is 98.0 cm³/mol. The third kappa shape index (κ3) is 6.12. The molecular weight excluding hydrogens is 381 g/mol. The quantitative estimate of drug-likeness (QED) is 0.717. The molecule has 0 aliphatic rings. The molecule has 9 heteroatoms. The van der Waals surface area contributed by atoms with Gasteiger partial charge in [0.1, 0.15) is 16.4 Å². The van der Waals surface area contributed by atoms with Gasteiger partial charge in [-0.1, -0.05) is 18.2 Å². The number of carbonyl (C=O) groups excluding carboxylic acids is 2. The summed E-state index contributed by atoms with van der Waals surface area (Å²) in [6.07, 6.45) is 1.88. The van der Waals surface area contributed by atoms with Crippen LogP contribution in [-0.4, -0.2) is 29.9 Å². The Morgan fingerprint density at radius 2 is 2.19 bits per heavy atom. The van der Waals surface area contributed by atoms with Gasteiger partial charge in [-0.05, 0) is 19.1 Å². The summed E-state index contributed by atoms with van der Waals surface area (Å²) in [5, 5.41) is 6.06. The standard InChI is InChI=1S/C17H17ClFN3O3S/c1-10(5-6-20-17(24)15-8-21-11(2)26-15)22-16(23)9-25-12-3-4-13(18)14(19)7-12/h3-4,7-8H,1,5-6,9H2,2H3,(H,20,24)(H,22,23). The van der Waals surface area contributed by atoms with Crippen molar-refractivity contribution in [2.24, 2.45) is 0 Å². The summed E-state index contributed by atoms with van der Waals surface area (Å²) in [6.45, 7) is 5.56. The Morgan fingerprint density at radius 1 is 1.42 bits per heavy atom. The van der Waals surface area contributed by atoms with Crippen molar-refractivity contribution >= 4 is 34.8 Å². The van der Waals surface area contributed by atoms with Crippen LogP contribution in [0.5, 0.6) is 5.75 Å². The third-order valence-corrected chi connectivity index (χ3v) is 4.35. The van der Waals surface area contributed by atoms with Gasteiger partial charge in [0, 0.05) is 24.7 Å². The molecule has 1 aromatic heterocycles. The second-order valence-electron chi connectivity index (χ2n) is 5.27. The maximum atomic E-state index is 13.3. The Balaban J connectivity index is 1.67. The van der Waals surface area contributed by atoms with Gasteiger partial charge >= 0.3 is 0 Å². The Hall–Kier alpha value is -2.45. The zero-order valence-electron chi connectivity index (χ0n) is 14.0. The summed E-state index contributed by atoms with van der Waals surface area (Å²) in [5.41, 5.74) is 0.432. The van der Waals surface area contributed by atoms with Crippen molar-refractivity contribution in [2.75, 3.05) is 13.2 Å². The molecule has 0 unspecified atom stereocenters. The Bertz CT molecular complexity index is 825. The van der Waals surface area contributed by atoms with E-state index in [-0.39, 0.29) is 23.3 Å². The molecule has 0 bridgehead atoms. The van der Waals surface area contributed by atoms with Gasteiger partial charge in [0.15, 0.2) is 6.61 Å².